The fraction of sp³-hybridized carbons (Fsp3) is 0.0741. The van der Waals surface area contributed by atoms with Crippen LogP contribution in [0.25, 0.3) is 5.69 Å². The summed E-state index contributed by atoms with van der Waals surface area (Å²) in [6.45, 7) is 3.96. The predicted molar refractivity (Wildman–Crippen MR) is 140 cm³/mol. The Balaban J connectivity index is 1.34. The molecule has 0 aliphatic rings. The van der Waals surface area contributed by atoms with Crippen molar-refractivity contribution in [3.8, 4) is 17.2 Å². The number of hydrogen-bond donors (Lipinski definition) is 2. The molecule has 1 aromatic heterocycles. The zero-order valence-electron chi connectivity index (χ0n) is 19.2. The van der Waals surface area contributed by atoms with E-state index in [1.807, 2.05) is 74.5 Å². The molecule has 7 nitrogen and oxygen atoms in total. The first kappa shape index (κ1) is 24.0. The number of nitrogens with one attached hydrogen (secondary N) is 2. The Morgan fingerprint density at radius 1 is 0.886 bits per heavy atom. The number of carbonyl (C=O) groups excluding carboxylic acids is 2. The van der Waals surface area contributed by atoms with E-state index in [2.05, 4.69) is 36.3 Å². The van der Waals surface area contributed by atoms with Crippen molar-refractivity contribution in [2.75, 3.05) is 5.32 Å². The Kier molecular flexibility index (Phi) is 7.42. The Labute approximate surface area is 211 Å². The van der Waals surface area contributed by atoms with E-state index in [0.717, 1.165) is 27.1 Å². The van der Waals surface area contributed by atoms with Gasteiger partial charge in [0.2, 0.25) is 0 Å². The van der Waals surface area contributed by atoms with Crippen LogP contribution in [0.5, 0.6) is 11.5 Å². The maximum atomic E-state index is 12.2. The summed E-state index contributed by atoms with van der Waals surface area (Å²) in [5.41, 5.74) is 6.58. The number of halogens is 1. The number of hydrogen-bond acceptors (Lipinski definition) is 4. The van der Waals surface area contributed by atoms with Gasteiger partial charge in [-0.2, -0.15) is 5.10 Å². The minimum absolute atomic E-state index is 0.465. The molecule has 2 amide bonds. The van der Waals surface area contributed by atoms with Gasteiger partial charge >= 0.3 is 11.8 Å². The molecule has 2 N–H and O–H groups in total. The second-order valence-electron chi connectivity index (χ2n) is 7.73. The van der Waals surface area contributed by atoms with Gasteiger partial charge in [-0.1, -0.05) is 34.1 Å². The Hall–Kier alpha value is -4.17. The maximum absolute atomic E-state index is 12.2. The quantitative estimate of drug-likeness (QED) is 0.189. The first-order valence-corrected chi connectivity index (χ1v) is 11.6. The molecule has 0 unspecified atom stereocenters. The van der Waals surface area contributed by atoms with Crippen LogP contribution < -0.4 is 15.5 Å². The fourth-order valence-corrected chi connectivity index (χ4v) is 3.80. The highest BCUT2D eigenvalue weighted by Crippen LogP contribution is 2.23. The molecule has 4 rings (SSSR count). The molecule has 1 heterocycles. The van der Waals surface area contributed by atoms with Crippen LogP contribution in [0.3, 0.4) is 0 Å². The van der Waals surface area contributed by atoms with Gasteiger partial charge in [0.15, 0.2) is 0 Å². The van der Waals surface area contributed by atoms with Crippen molar-refractivity contribution < 1.29 is 14.3 Å². The molecule has 35 heavy (non-hydrogen) atoms. The van der Waals surface area contributed by atoms with Gasteiger partial charge in [0.05, 0.1) is 6.21 Å². The highest BCUT2D eigenvalue weighted by atomic mass is 79.9. The van der Waals surface area contributed by atoms with Gasteiger partial charge in [-0.05, 0) is 80.6 Å². The molecular formula is C27H23BrN4O3. The molecule has 176 valence electrons. The third-order valence-corrected chi connectivity index (χ3v) is 5.75. The smallest absolute Gasteiger partial charge is 0.329 e. The molecule has 0 aliphatic heterocycles. The topological polar surface area (TPSA) is 84.7 Å². The van der Waals surface area contributed by atoms with Crippen molar-refractivity contribution in [1.29, 1.82) is 0 Å². The van der Waals surface area contributed by atoms with Crippen LogP contribution in [0.4, 0.5) is 5.69 Å². The number of carbonyl (C=O) groups is 2. The first-order chi connectivity index (χ1) is 16.9. The van der Waals surface area contributed by atoms with Crippen LogP contribution in [0.2, 0.25) is 0 Å². The second-order valence-corrected chi connectivity index (χ2v) is 8.65. The second kappa shape index (κ2) is 10.8. The molecule has 4 aromatic rings. The average molecular weight is 531 g/mol. The van der Waals surface area contributed by atoms with E-state index in [4.69, 9.17) is 4.74 Å². The Morgan fingerprint density at radius 2 is 1.54 bits per heavy atom. The third kappa shape index (κ3) is 6.04. The molecule has 0 bridgehead atoms. The van der Waals surface area contributed by atoms with Crippen molar-refractivity contribution in [2.24, 2.45) is 5.10 Å². The lowest BCUT2D eigenvalue weighted by Gasteiger charge is -2.09. The molecule has 0 aliphatic carbocycles. The number of aromatic nitrogens is 1. The number of nitrogens with zero attached hydrogens (tertiary/aromatic N) is 2. The summed E-state index contributed by atoms with van der Waals surface area (Å²) in [5, 5.41) is 6.51. The van der Waals surface area contributed by atoms with Crippen LogP contribution in [0.15, 0.2) is 94.5 Å². The molecule has 0 atom stereocenters. The van der Waals surface area contributed by atoms with Crippen LogP contribution in [-0.2, 0) is 9.59 Å². The maximum Gasteiger partial charge on any atom is 0.329 e. The highest BCUT2D eigenvalue weighted by molar-refractivity contribution is 9.10. The summed E-state index contributed by atoms with van der Waals surface area (Å²) in [6.07, 6.45) is 1.53. The minimum Gasteiger partial charge on any atom is -0.457 e. The van der Waals surface area contributed by atoms with Gasteiger partial charge in [0, 0.05) is 32.8 Å². The van der Waals surface area contributed by atoms with E-state index < -0.39 is 11.8 Å². The molecule has 3 aromatic carbocycles. The van der Waals surface area contributed by atoms with Crippen LogP contribution in [0, 0.1) is 13.8 Å². The standard InChI is InChI=1S/C27H23BrN4O3/c1-18-16-20(19(2)32(18)23-12-8-21(28)9-13-23)17-29-31-27(34)26(33)30-22-10-14-25(15-11-22)35-24-6-4-3-5-7-24/h3-17H,1-2H3,(H,30,33)(H,31,34)/b29-17-. The summed E-state index contributed by atoms with van der Waals surface area (Å²) < 4.78 is 8.81. The molecule has 0 saturated heterocycles. The summed E-state index contributed by atoms with van der Waals surface area (Å²) in [4.78, 5) is 24.4. The molecule has 0 spiro atoms. The number of amides is 2. The van der Waals surface area contributed by atoms with Gasteiger partial charge in [0.1, 0.15) is 11.5 Å². The van der Waals surface area contributed by atoms with Gasteiger partial charge in [-0.3, -0.25) is 9.59 Å². The van der Waals surface area contributed by atoms with Gasteiger partial charge in [-0.15, -0.1) is 0 Å². The molecule has 0 radical (unpaired) electrons. The lowest BCUT2D eigenvalue weighted by atomic mass is 10.2. The number of aryl methyl sites for hydroxylation is 1. The van der Waals surface area contributed by atoms with Crippen molar-refractivity contribution in [3.05, 3.63) is 106 Å². The fourth-order valence-electron chi connectivity index (χ4n) is 3.54. The van der Waals surface area contributed by atoms with Crippen molar-refractivity contribution >= 4 is 39.6 Å². The monoisotopic (exact) mass is 530 g/mol. The SMILES string of the molecule is Cc1cc(/C=N\NC(=O)C(=O)Nc2ccc(Oc3ccccc3)cc2)c(C)n1-c1ccc(Br)cc1. The van der Waals surface area contributed by atoms with E-state index in [0.29, 0.717) is 17.2 Å². The zero-order valence-corrected chi connectivity index (χ0v) is 20.7. The molecular weight excluding hydrogens is 508 g/mol. The van der Waals surface area contributed by atoms with Crippen molar-refractivity contribution in [2.45, 2.75) is 13.8 Å². The van der Waals surface area contributed by atoms with Crippen molar-refractivity contribution in [1.82, 2.24) is 9.99 Å². The van der Waals surface area contributed by atoms with E-state index in [-0.39, 0.29) is 0 Å². The van der Waals surface area contributed by atoms with E-state index in [1.165, 1.54) is 6.21 Å². The average Bonchev–Trinajstić information content (AvgIpc) is 3.14. The summed E-state index contributed by atoms with van der Waals surface area (Å²) in [6, 6.07) is 26.0. The summed E-state index contributed by atoms with van der Waals surface area (Å²) >= 11 is 3.45. The number of rotatable bonds is 6. The van der Waals surface area contributed by atoms with Gasteiger partial charge < -0.3 is 14.6 Å². The van der Waals surface area contributed by atoms with Crippen molar-refractivity contribution in [3.63, 3.8) is 0 Å². The largest absolute Gasteiger partial charge is 0.457 e. The van der Waals surface area contributed by atoms with Crippen LogP contribution in [0.1, 0.15) is 17.0 Å². The molecule has 0 saturated carbocycles. The summed E-state index contributed by atoms with van der Waals surface area (Å²) in [5.74, 6) is -0.366. The van der Waals surface area contributed by atoms with Crippen LogP contribution in [-0.4, -0.2) is 22.6 Å². The van der Waals surface area contributed by atoms with Crippen LogP contribution >= 0.6 is 15.9 Å². The lowest BCUT2D eigenvalue weighted by Crippen LogP contribution is -2.32. The lowest BCUT2D eigenvalue weighted by molar-refractivity contribution is -0.136. The highest BCUT2D eigenvalue weighted by Gasteiger charge is 2.14. The number of hydrazone groups is 1. The number of benzene rings is 3. The minimum atomic E-state index is -0.868. The Morgan fingerprint density at radius 3 is 2.23 bits per heavy atom. The molecule has 0 fully saturated rings. The van der Waals surface area contributed by atoms with Gasteiger partial charge in [0.25, 0.3) is 0 Å². The third-order valence-electron chi connectivity index (χ3n) is 5.22. The normalized spacial score (nSPS) is 10.8. The van der Waals surface area contributed by atoms with Gasteiger partial charge in [-0.25, -0.2) is 5.43 Å². The Bertz CT molecular complexity index is 1360. The number of ether oxygens (including phenoxy) is 1. The first-order valence-electron chi connectivity index (χ1n) is 10.8. The van der Waals surface area contributed by atoms with E-state index >= 15 is 0 Å². The zero-order chi connectivity index (χ0) is 24.8. The predicted octanol–water partition coefficient (Wildman–Crippen LogP) is 5.74. The summed E-state index contributed by atoms with van der Waals surface area (Å²) in [7, 11) is 0. The number of anilines is 1. The number of para-hydroxylation sites is 1. The van der Waals surface area contributed by atoms with E-state index in [9.17, 15) is 9.59 Å². The van der Waals surface area contributed by atoms with E-state index in [1.54, 1.807) is 24.3 Å². The molecule has 8 heteroatoms.